The Morgan fingerprint density at radius 3 is 2.39 bits per heavy atom. The van der Waals surface area contributed by atoms with Crippen LogP contribution in [0.25, 0.3) is 11.1 Å². The van der Waals surface area contributed by atoms with Gasteiger partial charge < -0.3 is 14.2 Å². The average molecular weight is 465 g/mol. The van der Waals surface area contributed by atoms with Crippen molar-refractivity contribution in [2.45, 2.75) is 38.7 Å². The number of ether oxygens (including phenoxy) is 3. The summed E-state index contributed by atoms with van der Waals surface area (Å²) in [5.74, 6) is 0.869. The van der Waals surface area contributed by atoms with Crippen molar-refractivity contribution in [2.24, 2.45) is 5.92 Å². The average Bonchev–Trinajstić information content (AvgIpc) is 2.73. The summed E-state index contributed by atoms with van der Waals surface area (Å²) in [6.07, 6.45) is 0. The van der Waals surface area contributed by atoms with Crippen LogP contribution in [0.15, 0.2) is 30.3 Å². The summed E-state index contributed by atoms with van der Waals surface area (Å²) < 4.78 is 16.2. The minimum absolute atomic E-state index is 0.140. The minimum atomic E-state index is -0.872. The van der Waals surface area contributed by atoms with Gasteiger partial charge in [-0.2, -0.15) is 0 Å². The van der Waals surface area contributed by atoms with Crippen LogP contribution in [-0.2, 0) is 20.1 Å². The van der Waals surface area contributed by atoms with Gasteiger partial charge in [-0.15, -0.1) is 11.8 Å². The maximum absolute atomic E-state index is 12.7. The molecule has 0 amide bonds. The number of halogens is 1. The first-order chi connectivity index (χ1) is 14.7. The summed E-state index contributed by atoms with van der Waals surface area (Å²) in [5, 5.41) is -0.287. The monoisotopic (exact) mass is 464 g/mol. The fourth-order valence-corrected chi connectivity index (χ4v) is 4.72. The second kappa shape index (κ2) is 11.4. The quantitative estimate of drug-likeness (QED) is 0.331. The van der Waals surface area contributed by atoms with E-state index in [-0.39, 0.29) is 18.3 Å². The number of hydrogen-bond acceptors (Lipinski definition) is 6. The van der Waals surface area contributed by atoms with Gasteiger partial charge in [0.15, 0.2) is 11.0 Å². The normalized spacial score (nSPS) is 11.9. The van der Waals surface area contributed by atoms with Gasteiger partial charge in [-0.05, 0) is 54.8 Å². The third-order valence-corrected chi connectivity index (χ3v) is 6.26. The highest BCUT2D eigenvalue weighted by molar-refractivity contribution is 8.00. The molecule has 0 saturated heterocycles. The van der Waals surface area contributed by atoms with Crippen LogP contribution in [0.3, 0.4) is 0 Å². The Hall–Kier alpha value is -2.18. The highest BCUT2D eigenvalue weighted by Crippen LogP contribution is 2.40. The van der Waals surface area contributed by atoms with E-state index in [1.807, 2.05) is 31.2 Å². The van der Waals surface area contributed by atoms with Crippen molar-refractivity contribution in [1.82, 2.24) is 0 Å². The van der Waals surface area contributed by atoms with Gasteiger partial charge in [-0.25, -0.2) is 0 Å². The van der Waals surface area contributed by atoms with Crippen LogP contribution in [0.5, 0.6) is 11.5 Å². The van der Waals surface area contributed by atoms with E-state index in [0.717, 1.165) is 22.3 Å². The predicted octanol–water partition coefficient (Wildman–Crippen LogP) is 5.72. The molecule has 5 nitrogen and oxygen atoms in total. The van der Waals surface area contributed by atoms with Crippen molar-refractivity contribution in [3.05, 3.63) is 46.5 Å². The third-order valence-electron chi connectivity index (χ3n) is 4.80. The van der Waals surface area contributed by atoms with E-state index in [0.29, 0.717) is 22.3 Å². The van der Waals surface area contributed by atoms with Crippen molar-refractivity contribution in [3.63, 3.8) is 0 Å². The molecule has 0 spiro atoms. The number of aryl methyl sites for hydroxylation is 1. The number of hydrogen-bond donors (Lipinski definition) is 0. The van der Waals surface area contributed by atoms with E-state index in [2.05, 4.69) is 0 Å². The number of carbonyl (C=O) groups excluding carboxylic acids is 2. The van der Waals surface area contributed by atoms with Gasteiger partial charge in [-0.1, -0.05) is 31.5 Å². The Kier molecular flexibility index (Phi) is 9.26. The lowest BCUT2D eigenvalue weighted by atomic mass is 9.95. The molecule has 0 bridgehead atoms. The topological polar surface area (TPSA) is 61.8 Å². The molecule has 2 rings (SSSR count). The van der Waals surface area contributed by atoms with Gasteiger partial charge in [0.05, 0.1) is 20.8 Å². The fraction of sp³-hybridized carbons (Fsp3) is 0.417. The van der Waals surface area contributed by atoms with E-state index in [1.54, 1.807) is 41.1 Å². The molecule has 1 unspecified atom stereocenters. The highest BCUT2D eigenvalue weighted by Gasteiger charge is 2.30. The SMILES string of the molecule is CCOC(=O)C(SCc1ccc(OC)cc1-c1c(C)cc(Cl)cc1OC)C(=O)C(C)C. The van der Waals surface area contributed by atoms with E-state index in [1.165, 1.54) is 11.8 Å². The lowest BCUT2D eigenvalue weighted by Gasteiger charge is -2.19. The summed E-state index contributed by atoms with van der Waals surface area (Å²) in [6.45, 7) is 7.50. The number of esters is 1. The first-order valence-corrected chi connectivity index (χ1v) is 11.5. The molecule has 2 aromatic carbocycles. The summed E-state index contributed by atoms with van der Waals surface area (Å²) in [6, 6.07) is 9.37. The summed E-state index contributed by atoms with van der Waals surface area (Å²) in [7, 11) is 3.21. The number of thioether (sulfide) groups is 1. The van der Waals surface area contributed by atoms with Crippen LogP contribution in [0.1, 0.15) is 31.9 Å². The molecule has 0 aliphatic rings. The summed E-state index contributed by atoms with van der Waals surface area (Å²) >= 11 is 7.49. The first-order valence-electron chi connectivity index (χ1n) is 10.1. The number of carbonyl (C=O) groups is 2. The second-order valence-corrected chi connectivity index (χ2v) is 8.85. The van der Waals surface area contributed by atoms with Crippen LogP contribution >= 0.6 is 23.4 Å². The first kappa shape index (κ1) is 25.1. The van der Waals surface area contributed by atoms with Crippen LogP contribution in [0.4, 0.5) is 0 Å². The standard InChI is InChI=1S/C24H29ClO5S/c1-7-30-24(27)23(22(26)14(2)3)31-13-16-8-9-18(28-5)12-19(16)21-15(4)10-17(25)11-20(21)29-6/h8-12,14,23H,7,13H2,1-6H3. The van der Waals surface area contributed by atoms with Gasteiger partial charge >= 0.3 is 5.97 Å². The molecule has 7 heteroatoms. The van der Waals surface area contributed by atoms with E-state index < -0.39 is 11.2 Å². The lowest BCUT2D eigenvalue weighted by Crippen LogP contribution is -2.32. The van der Waals surface area contributed by atoms with Crippen molar-refractivity contribution in [2.75, 3.05) is 20.8 Å². The van der Waals surface area contributed by atoms with E-state index in [4.69, 9.17) is 25.8 Å². The third kappa shape index (κ3) is 6.17. The molecule has 0 heterocycles. The molecule has 0 aliphatic carbocycles. The molecule has 0 radical (unpaired) electrons. The Bertz CT molecular complexity index is 942. The maximum atomic E-state index is 12.7. The second-order valence-electron chi connectivity index (χ2n) is 7.32. The number of benzene rings is 2. The molecule has 0 fully saturated rings. The zero-order valence-electron chi connectivity index (χ0n) is 18.8. The molecule has 0 saturated carbocycles. The molecular weight excluding hydrogens is 436 g/mol. The molecular formula is C24H29ClO5S. The van der Waals surface area contributed by atoms with Crippen molar-refractivity contribution >= 4 is 35.1 Å². The number of methoxy groups -OCH3 is 2. The summed E-state index contributed by atoms with van der Waals surface area (Å²) in [4.78, 5) is 25.1. The summed E-state index contributed by atoms with van der Waals surface area (Å²) in [5.41, 5.74) is 3.69. The van der Waals surface area contributed by atoms with Gasteiger partial charge in [0.1, 0.15) is 11.5 Å². The molecule has 168 valence electrons. The zero-order chi connectivity index (χ0) is 23.1. The molecule has 2 aromatic rings. The largest absolute Gasteiger partial charge is 0.497 e. The Morgan fingerprint density at radius 1 is 1.10 bits per heavy atom. The van der Waals surface area contributed by atoms with Crippen LogP contribution in [0, 0.1) is 12.8 Å². The number of Topliss-reactive ketones (excluding diaryl/α,β-unsaturated/α-hetero) is 1. The Balaban J connectivity index is 2.49. The van der Waals surface area contributed by atoms with Crippen molar-refractivity contribution in [3.8, 4) is 22.6 Å². The Labute approximate surface area is 193 Å². The zero-order valence-corrected chi connectivity index (χ0v) is 20.4. The van der Waals surface area contributed by atoms with Gasteiger partial charge in [0.25, 0.3) is 0 Å². The van der Waals surface area contributed by atoms with Crippen LogP contribution in [0.2, 0.25) is 5.02 Å². The molecule has 1 atom stereocenters. The predicted molar refractivity (Wildman–Crippen MR) is 126 cm³/mol. The van der Waals surface area contributed by atoms with Crippen LogP contribution in [-0.4, -0.2) is 37.8 Å². The molecule has 0 aromatic heterocycles. The number of ketones is 1. The van der Waals surface area contributed by atoms with Crippen molar-refractivity contribution in [1.29, 1.82) is 0 Å². The fourth-order valence-electron chi connectivity index (χ4n) is 3.22. The van der Waals surface area contributed by atoms with Gasteiger partial charge in [0, 0.05) is 22.3 Å². The van der Waals surface area contributed by atoms with Gasteiger partial charge in [-0.3, -0.25) is 9.59 Å². The Morgan fingerprint density at radius 2 is 1.81 bits per heavy atom. The van der Waals surface area contributed by atoms with E-state index >= 15 is 0 Å². The van der Waals surface area contributed by atoms with E-state index in [9.17, 15) is 9.59 Å². The minimum Gasteiger partial charge on any atom is -0.497 e. The van der Waals surface area contributed by atoms with Gasteiger partial charge in [0.2, 0.25) is 0 Å². The van der Waals surface area contributed by atoms with Crippen molar-refractivity contribution < 1.29 is 23.8 Å². The molecule has 0 N–H and O–H groups in total. The number of rotatable bonds is 10. The lowest BCUT2D eigenvalue weighted by molar-refractivity contribution is -0.145. The highest BCUT2D eigenvalue weighted by atomic mass is 35.5. The molecule has 31 heavy (non-hydrogen) atoms. The maximum Gasteiger partial charge on any atom is 0.326 e. The van der Waals surface area contributed by atoms with Crippen LogP contribution < -0.4 is 9.47 Å². The molecule has 0 aliphatic heterocycles. The smallest absolute Gasteiger partial charge is 0.326 e.